The minimum atomic E-state index is -1.45. The molecule has 2 aromatic rings. The number of para-hydroxylation sites is 1. The Balaban J connectivity index is 2.05. The van der Waals surface area contributed by atoms with E-state index in [1.807, 2.05) is 65.6 Å². The van der Waals surface area contributed by atoms with Gasteiger partial charge < -0.3 is 14.7 Å². The van der Waals surface area contributed by atoms with E-state index in [1.165, 1.54) is 0 Å². The van der Waals surface area contributed by atoms with Gasteiger partial charge in [0, 0.05) is 17.8 Å². The molecule has 2 atom stereocenters. The van der Waals surface area contributed by atoms with Crippen molar-refractivity contribution in [3.05, 3.63) is 66.2 Å². The second kappa shape index (κ2) is 5.44. The summed E-state index contributed by atoms with van der Waals surface area (Å²) >= 11 is 3.68. The van der Waals surface area contributed by atoms with Crippen molar-refractivity contribution in [1.29, 1.82) is 0 Å². The van der Waals surface area contributed by atoms with Crippen molar-refractivity contribution >= 4 is 21.6 Å². The highest BCUT2D eigenvalue weighted by molar-refractivity contribution is 9.10. The SMILES string of the molecule is CC1(Br)COC(O)(c2ccccc2)N(c2ccccc2)C1. The molecule has 0 bridgehead atoms. The van der Waals surface area contributed by atoms with Gasteiger partial charge in [0.2, 0.25) is 0 Å². The number of halogens is 1. The van der Waals surface area contributed by atoms with E-state index in [2.05, 4.69) is 22.9 Å². The molecule has 4 heteroatoms. The Morgan fingerprint density at radius 2 is 1.62 bits per heavy atom. The highest BCUT2D eigenvalue weighted by Crippen LogP contribution is 2.39. The third-order valence-corrected chi connectivity index (χ3v) is 4.13. The van der Waals surface area contributed by atoms with Gasteiger partial charge in [-0.25, -0.2) is 0 Å². The zero-order valence-electron chi connectivity index (χ0n) is 11.9. The highest BCUT2D eigenvalue weighted by Gasteiger charge is 2.46. The van der Waals surface area contributed by atoms with E-state index in [-0.39, 0.29) is 4.32 Å². The van der Waals surface area contributed by atoms with Crippen LogP contribution in [0.4, 0.5) is 5.69 Å². The van der Waals surface area contributed by atoms with Crippen LogP contribution in [0.3, 0.4) is 0 Å². The van der Waals surface area contributed by atoms with Gasteiger partial charge >= 0.3 is 0 Å². The van der Waals surface area contributed by atoms with Crippen molar-refractivity contribution in [1.82, 2.24) is 0 Å². The van der Waals surface area contributed by atoms with Crippen LogP contribution in [0, 0.1) is 0 Å². The number of benzene rings is 2. The second-order valence-electron chi connectivity index (χ2n) is 5.60. The van der Waals surface area contributed by atoms with Crippen molar-refractivity contribution in [3.63, 3.8) is 0 Å². The smallest absolute Gasteiger partial charge is 0.277 e. The van der Waals surface area contributed by atoms with Crippen molar-refractivity contribution in [2.24, 2.45) is 0 Å². The summed E-state index contributed by atoms with van der Waals surface area (Å²) in [6.07, 6.45) is 0. The van der Waals surface area contributed by atoms with Crippen LogP contribution in [0.25, 0.3) is 0 Å². The van der Waals surface area contributed by atoms with E-state index in [1.54, 1.807) is 0 Å². The van der Waals surface area contributed by atoms with Crippen LogP contribution in [0.1, 0.15) is 12.5 Å². The second-order valence-corrected chi connectivity index (χ2v) is 7.51. The lowest BCUT2D eigenvalue weighted by Crippen LogP contribution is -2.59. The lowest BCUT2D eigenvalue weighted by molar-refractivity contribution is -0.231. The number of aliphatic hydroxyl groups is 1. The first kappa shape index (κ1) is 14.6. The molecular formula is C17H18BrNO2. The van der Waals surface area contributed by atoms with E-state index in [0.717, 1.165) is 11.3 Å². The zero-order valence-corrected chi connectivity index (χ0v) is 13.5. The van der Waals surface area contributed by atoms with Gasteiger partial charge in [-0.1, -0.05) is 64.5 Å². The molecule has 1 heterocycles. The third-order valence-electron chi connectivity index (χ3n) is 3.65. The first-order valence-corrected chi connectivity index (χ1v) is 7.74. The third kappa shape index (κ3) is 2.84. The van der Waals surface area contributed by atoms with E-state index in [4.69, 9.17) is 4.74 Å². The number of nitrogens with zero attached hydrogens (tertiary/aromatic N) is 1. The quantitative estimate of drug-likeness (QED) is 0.844. The molecule has 0 spiro atoms. The summed E-state index contributed by atoms with van der Waals surface area (Å²) < 4.78 is 5.66. The number of rotatable bonds is 2. The number of alkyl halides is 1. The van der Waals surface area contributed by atoms with E-state index in [9.17, 15) is 5.11 Å². The van der Waals surface area contributed by atoms with Crippen molar-refractivity contribution in [3.8, 4) is 0 Å². The van der Waals surface area contributed by atoms with Gasteiger partial charge in [0.05, 0.1) is 10.9 Å². The predicted molar refractivity (Wildman–Crippen MR) is 87.4 cm³/mol. The molecule has 3 nitrogen and oxygen atoms in total. The monoisotopic (exact) mass is 347 g/mol. The van der Waals surface area contributed by atoms with E-state index < -0.39 is 5.91 Å². The Kier molecular flexibility index (Phi) is 3.78. The first-order valence-electron chi connectivity index (χ1n) is 6.95. The van der Waals surface area contributed by atoms with Crippen LogP contribution in [-0.4, -0.2) is 22.6 Å². The highest BCUT2D eigenvalue weighted by atomic mass is 79.9. The summed E-state index contributed by atoms with van der Waals surface area (Å²) in [5.41, 5.74) is 1.66. The Morgan fingerprint density at radius 3 is 2.24 bits per heavy atom. The molecule has 0 radical (unpaired) electrons. The van der Waals surface area contributed by atoms with Crippen LogP contribution in [0.5, 0.6) is 0 Å². The summed E-state index contributed by atoms with van der Waals surface area (Å²) in [4.78, 5) is 1.89. The topological polar surface area (TPSA) is 32.7 Å². The fraction of sp³-hybridized carbons (Fsp3) is 0.294. The van der Waals surface area contributed by atoms with Gasteiger partial charge in [-0.15, -0.1) is 0 Å². The molecule has 2 unspecified atom stereocenters. The maximum absolute atomic E-state index is 11.2. The van der Waals surface area contributed by atoms with E-state index >= 15 is 0 Å². The van der Waals surface area contributed by atoms with Crippen LogP contribution in [0.15, 0.2) is 60.7 Å². The molecular weight excluding hydrogens is 330 g/mol. The summed E-state index contributed by atoms with van der Waals surface area (Å²) in [6, 6.07) is 19.3. The Labute approximate surface area is 133 Å². The molecule has 0 saturated carbocycles. The number of hydrogen-bond donors (Lipinski definition) is 1. The Hall–Kier alpha value is -1.36. The molecule has 1 fully saturated rings. The maximum atomic E-state index is 11.2. The minimum Gasteiger partial charge on any atom is -0.345 e. The number of hydrogen-bond acceptors (Lipinski definition) is 3. The largest absolute Gasteiger partial charge is 0.345 e. The van der Waals surface area contributed by atoms with Crippen LogP contribution in [-0.2, 0) is 10.6 Å². The molecule has 21 heavy (non-hydrogen) atoms. The van der Waals surface area contributed by atoms with Crippen LogP contribution in [0.2, 0.25) is 0 Å². The Bertz CT molecular complexity index is 603. The average Bonchev–Trinajstić information content (AvgIpc) is 2.52. The molecule has 0 aromatic heterocycles. The molecule has 3 rings (SSSR count). The van der Waals surface area contributed by atoms with Crippen molar-refractivity contribution in [2.75, 3.05) is 18.1 Å². The van der Waals surface area contributed by atoms with E-state index in [0.29, 0.717) is 13.2 Å². The van der Waals surface area contributed by atoms with Gasteiger partial charge in [0.15, 0.2) is 0 Å². The molecule has 2 aromatic carbocycles. The summed E-state index contributed by atoms with van der Waals surface area (Å²) in [5, 5.41) is 11.2. The van der Waals surface area contributed by atoms with Crippen LogP contribution < -0.4 is 4.90 Å². The molecule has 0 aliphatic carbocycles. The van der Waals surface area contributed by atoms with Gasteiger partial charge in [-0.2, -0.15) is 0 Å². The summed E-state index contributed by atoms with van der Waals surface area (Å²) in [6.45, 7) is 3.14. The predicted octanol–water partition coefficient (Wildman–Crippen LogP) is 3.48. The fourth-order valence-corrected chi connectivity index (χ4v) is 2.95. The average molecular weight is 348 g/mol. The first-order chi connectivity index (χ1) is 10.0. The standard InChI is InChI=1S/C17H18BrNO2/c1-16(18)12-19(15-10-6-3-7-11-15)17(20,21-13-16)14-8-4-2-5-9-14/h2-11,20H,12-13H2,1H3. The molecule has 1 aliphatic rings. The summed E-state index contributed by atoms with van der Waals surface area (Å²) in [5.74, 6) is -1.45. The van der Waals surface area contributed by atoms with Crippen LogP contribution >= 0.6 is 15.9 Å². The van der Waals surface area contributed by atoms with Gasteiger partial charge in [0.25, 0.3) is 5.91 Å². The van der Waals surface area contributed by atoms with Crippen molar-refractivity contribution < 1.29 is 9.84 Å². The van der Waals surface area contributed by atoms with Gasteiger partial charge in [0.1, 0.15) is 0 Å². The Morgan fingerprint density at radius 1 is 1.05 bits per heavy atom. The maximum Gasteiger partial charge on any atom is 0.277 e. The fourth-order valence-electron chi connectivity index (χ4n) is 2.58. The van der Waals surface area contributed by atoms with Gasteiger partial charge in [-0.3, -0.25) is 0 Å². The number of ether oxygens (including phenoxy) is 1. The lowest BCUT2D eigenvalue weighted by atomic mass is 10.0. The minimum absolute atomic E-state index is 0.205. The molecule has 1 N–H and O–H groups in total. The molecule has 1 saturated heterocycles. The normalized spacial score (nSPS) is 29.4. The summed E-state index contributed by atoms with van der Waals surface area (Å²) in [7, 11) is 0. The molecule has 0 amide bonds. The van der Waals surface area contributed by atoms with Gasteiger partial charge in [-0.05, 0) is 19.1 Å². The van der Waals surface area contributed by atoms with Crippen molar-refractivity contribution in [2.45, 2.75) is 17.2 Å². The molecule has 1 aliphatic heterocycles. The molecule has 110 valence electrons. The lowest BCUT2D eigenvalue weighted by Gasteiger charge is -2.49. The zero-order chi connectivity index (χ0) is 14.9. The number of anilines is 1.